The van der Waals surface area contributed by atoms with Crippen LogP contribution in [0.15, 0.2) is 133 Å². The van der Waals surface area contributed by atoms with Gasteiger partial charge < -0.3 is 9.13 Å². The lowest BCUT2D eigenvalue weighted by molar-refractivity contribution is 0.661. The van der Waals surface area contributed by atoms with E-state index in [0.717, 1.165) is 28.1 Å². The summed E-state index contributed by atoms with van der Waals surface area (Å²) in [5, 5.41) is 2.59. The van der Waals surface area contributed by atoms with Gasteiger partial charge in [-0.25, -0.2) is 4.98 Å². The Labute approximate surface area is 256 Å². The molecule has 3 heteroatoms. The van der Waals surface area contributed by atoms with Crippen LogP contribution < -0.4 is 0 Å². The lowest BCUT2D eigenvalue weighted by Crippen LogP contribution is -2.14. The standard InChI is InChI=1S/C41H31N3/c1-41(2)34-18-9-7-16-30(34)32-25-38-33(24-35(32)41)31-17-8-10-19-37(31)44(38)29-15-11-14-27(22-29)28-20-21-36-39(23-28)43(3)40(42-36)26-12-5-4-6-13-26/h4-25H,1-3H3. The molecule has 210 valence electrons. The molecule has 0 spiro atoms. The van der Waals surface area contributed by atoms with Gasteiger partial charge in [-0.2, -0.15) is 0 Å². The summed E-state index contributed by atoms with van der Waals surface area (Å²) in [6, 6.07) is 48.6. The van der Waals surface area contributed by atoms with Crippen LogP contribution in [0.5, 0.6) is 0 Å². The SMILES string of the molecule is Cn1c(-c2ccccc2)nc2ccc(-c3cccc(-n4c5ccccc5c5cc6c(cc54)-c4ccccc4C6(C)C)c3)cc21. The van der Waals surface area contributed by atoms with Crippen LogP contribution in [0.4, 0.5) is 0 Å². The first-order valence-corrected chi connectivity index (χ1v) is 15.3. The van der Waals surface area contributed by atoms with Crippen LogP contribution in [0.3, 0.4) is 0 Å². The Balaban J connectivity index is 1.23. The maximum Gasteiger partial charge on any atom is 0.140 e. The van der Waals surface area contributed by atoms with Gasteiger partial charge >= 0.3 is 0 Å². The van der Waals surface area contributed by atoms with Crippen molar-refractivity contribution in [2.24, 2.45) is 7.05 Å². The summed E-state index contributed by atoms with van der Waals surface area (Å²) in [5.41, 5.74) is 14.7. The van der Waals surface area contributed by atoms with Crippen molar-refractivity contribution >= 4 is 32.8 Å². The predicted molar refractivity (Wildman–Crippen MR) is 183 cm³/mol. The fourth-order valence-electron chi connectivity index (χ4n) is 7.48. The molecule has 0 aliphatic heterocycles. The van der Waals surface area contributed by atoms with E-state index in [1.165, 1.54) is 55.2 Å². The third-order valence-electron chi connectivity index (χ3n) is 9.73. The van der Waals surface area contributed by atoms with Crippen molar-refractivity contribution in [3.63, 3.8) is 0 Å². The number of rotatable bonds is 3. The van der Waals surface area contributed by atoms with Gasteiger partial charge in [0.2, 0.25) is 0 Å². The predicted octanol–water partition coefficient (Wildman–Crippen LogP) is 10.3. The Hall–Kier alpha value is -5.41. The maximum atomic E-state index is 4.96. The van der Waals surface area contributed by atoms with Crippen LogP contribution in [0.25, 0.3) is 72.2 Å². The zero-order valence-corrected chi connectivity index (χ0v) is 25.0. The average molecular weight is 566 g/mol. The van der Waals surface area contributed by atoms with Gasteiger partial charge in [-0.15, -0.1) is 0 Å². The van der Waals surface area contributed by atoms with Crippen LogP contribution >= 0.6 is 0 Å². The van der Waals surface area contributed by atoms with Gasteiger partial charge in [0.15, 0.2) is 0 Å². The second-order valence-electron chi connectivity index (χ2n) is 12.6. The highest BCUT2D eigenvalue weighted by molar-refractivity contribution is 6.11. The largest absolute Gasteiger partial charge is 0.327 e. The molecule has 0 saturated carbocycles. The highest BCUT2D eigenvalue weighted by atomic mass is 15.1. The topological polar surface area (TPSA) is 22.8 Å². The Morgan fingerprint density at radius 3 is 2.16 bits per heavy atom. The molecule has 0 amide bonds. The maximum absolute atomic E-state index is 4.96. The van der Waals surface area contributed by atoms with Crippen LogP contribution in [0, 0.1) is 0 Å². The number of imidazole rings is 1. The van der Waals surface area contributed by atoms with E-state index >= 15 is 0 Å². The minimum absolute atomic E-state index is 0.0337. The first-order chi connectivity index (χ1) is 21.5. The van der Waals surface area contributed by atoms with E-state index in [1.807, 2.05) is 6.07 Å². The molecule has 0 bridgehead atoms. The smallest absolute Gasteiger partial charge is 0.140 e. The van der Waals surface area contributed by atoms with Gasteiger partial charge in [-0.1, -0.05) is 105 Å². The molecule has 2 aromatic heterocycles. The minimum Gasteiger partial charge on any atom is -0.327 e. The quantitative estimate of drug-likeness (QED) is 0.209. The zero-order chi connectivity index (χ0) is 29.6. The van der Waals surface area contributed by atoms with E-state index in [-0.39, 0.29) is 5.41 Å². The number of hydrogen-bond donors (Lipinski definition) is 0. The molecule has 2 heterocycles. The summed E-state index contributed by atoms with van der Waals surface area (Å²) in [5.74, 6) is 0.981. The number of para-hydroxylation sites is 1. The van der Waals surface area contributed by atoms with Crippen molar-refractivity contribution in [3.05, 3.63) is 145 Å². The van der Waals surface area contributed by atoms with Gasteiger partial charge in [-0.3, -0.25) is 0 Å². The highest BCUT2D eigenvalue weighted by Crippen LogP contribution is 2.51. The van der Waals surface area contributed by atoms with Crippen molar-refractivity contribution in [1.82, 2.24) is 14.1 Å². The van der Waals surface area contributed by atoms with Crippen molar-refractivity contribution < 1.29 is 0 Å². The second kappa shape index (κ2) is 9.05. The van der Waals surface area contributed by atoms with Crippen LogP contribution in [-0.2, 0) is 12.5 Å². The van der Waals surface area contributed by atoms with Crippen molar-refractivity contribution in [2.45, 2.75) is 19.3 Å². The average Bonchev–Trinajstić information content (AvgIpc) is 3.65. The molecule has 0 radical (unpaired) electrons. The van der Waals surface area contributed by atoms with E-state index in [0.29, 0.717) is 0 Å². The molecule has 6 aromatic carbocycles. The van der Waals surface area contributed by atoms with Gasteiger partial charge in [0.1, 0.15) is 5.82 Å². The van der Waals surface area contributed by atoms with E-state index in [9.17, 15) is 0 Å². The number of aryl methyl sites for hydroxylation is 1. The number of hydrogen-bond acceptors (Lipinski definition) is 1. The monoisotopic (exact) mass is 565 g/mol. The van der Waals surface area contributed by atoms with E-state index in [4.69, 9.17) is 4.98 Å². The second-order valence-corrected chi connectivity index (χ2v) is 12.6. The summed E-state index contributed by atoms with van der Waals surface area (Å²) < 4.78 is 4.64. The number of fused-ring (bicyclic) bond motifs is 7. The van der Waals surface area contributed by atoms with Crippen molar-refractivity contribution in [3.8, 4) is 39.3 Å². The molecule has 0 unspecified atom stereocenters. The highest BCUT2D eigenvalue weighted by Gasteiger charge is 2.36. The van der Waals surface area contributed by atoms with Crippen LogP contribution in [0.1, 0.15) is 25.0 Å². The Kier molecular flexibility index (Phi) is 5.16. The molecule has 8 aromatic rings. The molecule has 0 N–H and O–H groups in total. The first kappa shape index (κ1) is 25.1. The lowest BCUT2D eigenvalue weighted by atomic mass is 9.82. The fourth-order valence-corrected chi connectivity index (χ4v) is 7.48. The van der Waals surface area contributed by atoms with E-state index in [2.05, 4.69) is 157 Å². The molecule has 1 aliphatic carbocycles. The molecule has 0 fully saturated rings. The lowest BCUT2D eigenvalue weighted by Gasteiger charge is -2.21. The fraction of sp³-hybridized carbons (Fsp3) is 0.0976. The molecule has 0 atom stereocenters. The summed E-state index contributed by atoms with van der Waals surface area (Å²) in [4.78, 5) is 4.96. The first-order valence-electron chi connectivity index (χ1n) is 15.3. The summed E-state index contributed by atoms with van der Waals surface area (Å²) in [6.07, 6.45) is 0. The zero-order valence-electron chi connectivity index (χ0n) is 25.0. The van der Waals surface area contributed by atoms with E-state index < -0.39 is 0 Å². The molecule has 9 rings (SSSR count). The summed E-state index contributed by atoms with van der Waals surface area (Å²) in [6.45, 7) is 4.71. The normalized spacial score (nSPS) is 13.5. The van der Waals surface area contributed by atoms with Crippen molar-refractivity contribution in [1.29, 1.82) is 0 Å². The van der Waals surface area contributed by atoms with Crippen LogP contribution in [-0.4, -0.2) is 14.1 Å². The number of aromatic nitrogens is 3. The summed E-state index contributed by atoms with van der Waals surface area (Å²) in [7, 11) is 2.11. The van der Waals surface area contributed by atoms with Gasteiger partial charge in [0.25, 0.3) is 0 Å². The third-order valence-corrected chi connectivity index (χ3v) is 9.73. The van der Waals surface area contributed by atoms with Gasteiger partial charge in [-0.05, 0) is 75.8 Å². The third kappa shape index (κ3) is 3.47. The number of benzene rings is 6. The van der Waals surface area contributed by atoms with Crippen LogP contribution in [0.2, 0.25) is 0 Å². The molecule has 0 saturated heterocycles. The molecule has 44 heavy (non-hydrogen) atoms. The Bertz CT molecular complexity index is 2420. The van der Waals surface area contributed by atoms with E-state index in [1.54, 1.807) is 0 Å². The molecular formula is C41H31N3. The Morgan fingerprint density at radius 2 is 1.27 bits per heavy atom. The molecular weight excluding hydrogens is 534 g/mol. The minimum atomic E-state index is -0.0337. The molecule has 3 nitrogen and oxygen atoms in total. The van der Waals surface area contributed by atoms with Crippen molar-refractivity contribution in [2.75, 3.05) is 0 Å². The van der Waals surface area contributed by atoms with Gasteiger partial charge in [0.05, 0.1) is 22.1 Å². The van der Waals surface area contributed by atoms with Gasteiger partial charge in [0, 0.05) is 34.5 Å². The Morgan fingerprint density at radius 1 is 0.523 bits per heavy atom. The number of nitrogens with zero attached hydrogens (tertiary/aromatic N) is 3. The summed E-state index contributed by atoms with van der Waals surface area (Å²) >= 11 is 0. The molecule has 1 aliphatic rings.